The molecule has 0 aliphatic rings. The van der Waals surface area contributed by atoms with Crippen LogP contribution in [0.5, 0.6) is 0 Å². The number of carbonyl (C=O) groups is 1. The first-order valence-corrected chi connectivity index (χ1v) is 11.3. The molecule has 1 aromatic heterocycles. The molecule has 4 nitrogen and oxygen atoms in total. The van der Waals surface area contributed by atoms with Crippen LogP contribution in [0.3, 0.4) is 0 Å². The van der Waals surface area contributed by atoms with E-state index in [9.17, 15) is 4.79 Å². The molecule has 1 amide bonds. The molecule has 3 aromatic rings. The number of anilines is 1. The molecule has 0 aliphatic heterocycles. The van der Waals surface area contributed by atoms with Crippen molar-refractivity contribution < 1.29 is 4.79 Å². The Morgan fingerprint density at radius 3 is 2.57 bits per heavy atom. The van der Waals surface area contributed by atoms with Gasteiger partial charge in [-0.3, -0.25) is 9.69 Å². The lowest BCUT2D eigenvalue weighted by Crippen LogP contribution is -2.33. The minimum Gasteiger partial charge on any atom is -0.309 e. The van der Waals surface area contributed by atoms with Gasteiger partial charge in [-0.05, 0) is 57.7 Å². The number of aryl methyl sites for hydroxylation is 1. The van der Waals surface area contributed by atoms with Gasteiger partial charge in [0.15, 0.2) is 5.13 Å². The Morgan fingerprint density at radius 1 is 1.07 bits per heavy atom. The van der Waals surface area contributed by atoms with Crippen molar-refractivity contribution in [3.63, 3.8) is 0 Å². The molecule has 0 fully saturated rings. The summed E-state index contributed by atoms with van der Waals surface area (Å²) >= 11 is 3.33. The number of thiazole rings is 1. The Labute approximate surface area is 175 Å². The number of aromatic nitrogens is 1. The second-order valence-electron chi connectivity index (χ2n) is 7.03. The number of fused-ring (bicyclic) bond motifs is 1. The number of hydrogen-bond donors (Lipinski definition) is 0. The summed E-state index contributed by atoms with van der Waals surface area (Å²) in [7, 11) is 4.12. The Hall–Kier alpha value is -1.89. The lowest BCUT2D eigenvalue weighted by molar-refractivity contribution is -0.118. The summed E-state index contributed by atoms with van der Waals surface area (Å²) in [5, 5.41) is 0.817. The normalized spacial score (nSPS) is 11.3. The van der Waals surface area contributed by atoms with Gasteiger partial charge in [0.05, 0.1) is 10.2 Å². The van der Waals surface area contributed by atoms with Crippen molar-refractivity contribution in [3.8, 4) is 0 Å². The Bertz CT molecular complexity index is 909. The third-order valence-corrected chi connectivity index (χ3v) is 6.51. The van der Waals surface area contributed by atoms with Crippen molar-refractivity contribution >= 4 is 44.4 Å². The molecule has 0 spiro atoms. The standard InChI is InChI=1S/C22H27N3OS2/c1-17-9-7-12-19-21(17)23-22(28-19)25(15-8-14-24(2)3)20(26)13-16-27-18-10-5-4-6-11-18/h4-7,9-12H,8,13-16H2,1-3H3. The summed E-state index contributed by atoms with van der Waals surface area (Å²) in [5.41, 5.74) is 2.16. The number of benzene rings is 2. The van der Waals surface area contributed by atoms with Gasteiger partial charge in [-0.25, -0.2) is 4.98 Å². The molecule has 0 N–H and O–H groups in total. The van der Waals surface area contributed by atoms with E-state index < -0.39 is 0 Å². The largest absolute Gasteiger partial charge is 0.309 e. The molecule has 6 heteroatoms. The second-order valence-corrected chi connectivity index (χ2v) is 9.21. The zero-order valence-corrected chi connectivity index (χ0v) is 18.4. The molecule has 148 valence electrons. The smallest absolute Gasteiger partial charge is 0.229 e. The van der Waals surface area contributed by atoms with Gasteiger partial charge in [-0.1, -0.05) is 41.7 Å². The van der Waals surface area contributed by atoms with Crippen LogP contribution < -0.4 is 4.90 Å². The Balaban J connectivity index is 1.71. The van der Waals surface area contributed by atoms with Crippen LogP contribution in [0.2, 0.25) is 0 Å². The predicted octanol–water partition coefficient (Wildman–Crippen LogP) is 5.07. The van der Waals surface area contributed by atoms with Gasteiger partial charge < -0.3 is 4.90 Å². The maximum atomic E-state index is 13.0. The fourth-order valence-electron chi connectivity index (χ4n) is 2.97. The van der Waals surface area contributed by atoms with Crippen LogP contribution in [0.15, 0.2) is 53.4 Å². The average Bonchev–Trinajstić information content (AvgIpc) is 3.11. The van der Waals surface area contributed by atoms with Crippen LogP contribution in [0.1, 0.15) is 18.4 Å². The molecule has 0 saturated carbocycles. The molecule has 1 heterocycles. The van der Waals surface area contributed by atoms with Crippen molar-refractivity contribution in [3.05, 3.63) is 54.1 Å². The summed E-state index contributed by atoms with van der Waals surface area (Å²) < 4.78 is 1.14. The lowest BCUT2D eigenvalue weighted by Gasteiger charge is -2.21. The lowest BCUT2D eigenvalue weighted by atomic mass is 10.2. The number of rotatable bonds is 9. The van der Waals surface area contributed by atoms with E-state index in [4.69, 9.17) is 4.98 Å². The van der Waals surface area contributed by atoms with E-state index in [2.05, 4.69) is 50.2 Å². The van der Waals surface area contributed by atoms with Crippen LogP contribution in [-0.2, 0) is 4.79 Å². The molecular formula is C22H27N3OS2. The zero-order valence-electron chi connectivity index (χ0n) is 16.7. The van der Waals surface area contributed by atoms with Crippen molar-refractivity contribution in [2.45, 2.75) is 24.7 Å². The molecule has 0 unspecified atom stereocenters. The van der Waals surface area contributed by atoms with Crippen LogP contribution in [-0.4, -0.2) is 48.7 Å². The maximum Gasteiger partial charge on any atom is 0.229 e. The van der Waals surface area contributed by atoms with Gasteiger partial charge in [0.1, 0.15) is 0 Å². The fraction of sp³-hybridized carbons (Fsp3) is 0.364. The van der Waals surface area contributed by atoms with Gasteiger partial charge >= 0.3 is 0 Å². The summed E-state index contributed by atoms with van der Waals surface area (Å²) in [5.74, 6) is 0.927. The molecule has 0 atom stereocenters. The quantitative estimate of drug-likeness (QED) is 0.459. The second kappa shape index (κ2) is 10.0. The maximum absolute atomic E-state index is 13.0. The third kappa shape index (κ3) is 5.56. The zero-order chi connectivity index (χ0) is 19.9. The SMILES string of the molecule is Cc1cccc2sc(N(CCCN(C)C)C(=O)CCSc3ccccc3)nc12. The van der Waals surface area contributed by atoms with Crippen LogP contribution >= 0.6 is 23.1 Å². The van der Waals surface area contributed by atoms with E-state index >= 15 is 0 Å². The third-order valence-electron chi connectivity index (χ3n) is 4.46. The summed E-state index contributed by atoms with van der Waals surface area (Å²) in [6.45, 7) is 3.72. The highest BCUT2D eigenvalue weighted by Crippen LogP contribution is 2.31. The molecule has 3 rings (SSSR count). The molecule has 0 saturated heterocycles. The molecule has 2 aromatic carbocycles. The Morgan fingerprint density at radius 2 is 1.86 bits per heavy atom. The highest BCUT2D eigenvalue weighted by molar-refractivity contribution is 7.99. The minimum atomic E-state index is 0.152. The van der Waals surface area contributed by atoms with Crippen LogP contribution in [0.4, 0.5) is 5.13 Å². The number of carbonyl (C=O) groups excluding carboxylic acids is 1. The number of para-hydroxylation sites is 1. The van der Waals surface area contributed by atoms with Crippen molar-refractivity contribution in [1.29, 1.82) is 0 Å². The van der Waals surface area contributed by atoms with E-state index in [1.54, 1.807) is 23.1 Å². The monoisotopic (exact) mass is 413 g/mol. The summed E-state index contributed by atoms with van der Waals surface area (Å²) in [6.07, 6.45) is 1.44. The summed E-state index contributed by atoms with van der Waals surface area (Å²) in [6, 6.07) is 16.4. The minimum absolute atomic E-state index is 0.152. The number of amides is 1. The van der Waals surface area contributed by atoms with Crippen LogP contribution in [0.25, 0.3) is 10.2 Å². The van der Waals surface area contributed by atoms with Gasteiger partial charge in [-0.2, -0.15) is 0 Å². The average molecular weight is 414 g/mol. The van der Waals surface area contributed by atoms with Gasteiger partial charge in [0.25, 0.3) is 0 Å². The van der Waals surface area contributed by atoms with Crippen LogP contribution in [0, 0.1) is 6.92 Å². The highest BCUT2D eigenvalue weighted by atomic mass is 32.2. The number of thioether (sulfide) groups is 1. The first-order valence-electron chi connectivity index (χ1n) is 9.53. The molecule has 28 heavy (non-hydrogen) atoms. The van der Waals surface area contributed by atoms with E-state index in [0.717, 1.165) is 39.6 Å². The molecule has 0 bridgehead atoms. The van der Waals surface area contributed by atoms with Gasteiger partial charge in [-0.15, -0.1) is 11.8 Å². The van der Waals surface area contributed by atoms with Crippen molar-refractivity contribution in [2.24, 2.45) is 0 Å². The van der Waals surface area contributed by atoms with Crippen molar-refractivity contribution in [2.75, 3.05) is 37.8 Å². The first-order chi connectivity index (χ1) is 13.5. The molecule has 0 aliphatic carbocycles. The van der Waals surface area contributed by atoms with Gasteiger partial charge in [0.2, 0.25) is 5.91 Å². The van der Waals surface area contributed by atoms with E-state index in [1.165, 1.54) is 4.90 Å². The van der Waals surface area contributed by atoms with E-state index in [0.29, 0.717) is 13.0 Å². The molecular weight excluding hydrogens is 386 g/mol. The fourth-order valence-corrected chi connectivity index (χ4v) is 4.92. The summed E-state index contributed by atoms with van der Waals surface area (Å²) in [4.78, 5) is 23.1. The molecule has 0 radical (unpaired) electrons. The van der Waals surface area contributed by atoms with Gasteiger partial charge in [0, 0.05) is 23.6 Å². The Kier molecular flexibility index (Phi) is 7.48. The van der Waals surface area contributed by atoms with E-state index in [-0.39, 0.29) is 5.91 Å². The predicted molar refractivity (Wildman–Crippen MR) is 122 cm³/mol. The highest BCUT2D eigenvalue weighted by Gasteiger charge is 2.20. The topological polar surface area (TPSA) is 36.4 Å². The van der Waals surface area contributed by atoms with E-state index in [1.807, 2.05) is 29.2 Å². The first kappa shape index (κ1) is 20.8. The number of nitrogens with zero attached hydrogens (tertiary/aromatic N) is 3. The number of hydrogen-bond acceptors (Lipinski definition) is 5. The van der Waals surface area contributed by atoms with Crippen molar-refractivity contribution in [1.82, 2.24) is 9.88 Å².